The molecule has 0 radical (unpaired) electrons. The van der Waals surface area contributed by atoms with E-state index in [1.54, 1.807) is 6.92 Å². The summed E-state index contributed by atoms with van der Waals surface area (Å²) in [6, 6.07) is 9.51. The first kappa shape index (κ1) is 17.2. The maximum absolute atomic E-state index is 12.1. The third-order valence-corrected chi connectivity index (χ3v) is 4.54. The lowest BCUT2D eigenvalue weighted by Crippen LogP contribution is -2.29. The van der Waals surface area contributed by atoms with Crippen molar-refractivity contribution in [2.75, 3.05) is 5.32 Å². The Morgan fingerprint density at radius 1 is 1.09 bits per heavy atom. The van der Waals surface area contributed by atoms with Crippen LogP contribution in [0.1, 0.15) is 47.5 Å². The van der Waals surface area contributed by atoms with E-state index < -0.39 is 12.1 Å². The first-order chi connectivity index (χ1) is 10.9. The van der Waals surface area contributed by atoms with Crippen molar-refractivity contribution in [1.29, 1.82) is 0 Å². The molecular weight excluding hydrogens is 310 g/mol. The molecule has 1 heterocycles. The van der Waals surface area contributed by atoms with Gasteiger partial charge >= 0.3 is 5.97 Å². The van der Waals surface area contributed by atoms with Crippen molar-refractivity contribution in [3.63, 3.8) is 0 Å². The van der Waals surface area contributed by atoms with E-state index >= 15 is 0 Å². The number of hydrogen-bond acceptors (Lipinski definition) is 4. The summed E-state index contributed by atoms with van der Waals surface area (Å²) < 4.78 is 5.23. The van der Waals surface area contributed by atoms with Crippen LogP contribution in [0.2, 0.25) is 0 Å². The molecular formula is C18H21NO3S. The molecule has 1 amide bonds. The number of esters is 1. The van der Waals surface area contributed by atoms with Crippen molar-refractivity contribution < 1.29 is 14.3 Å². The number of rotatable bonds is 5. The highest BCUT2D eigenvalue weighted by Gasteiger charge is 2.20. The van der Waals surface area contributed by atoms with Gasteiger partial charge < -0.3 is 10.1 Å². The van der Waals surface area contributed by atoms with E-state index in [-0.39, 0.29) is 5.91 Å². The Labute approximate surface area is 140 Å². The van der Waals surface area contributed by atoms with Gasteiger partial charge in [0.25, 0.3) is 5.91 Å². The molecule has 2 rings (SSSR count). The number of ether oxygens (including phenoxy) is 1. The second kappa shape index (κ2) is 7.42. The number of carbonyl (C=O) groups excluding carboxylic acids is 2. The quantitative estimate of drug-likeness (QED) is 0.828. The molecule has 0 spiro atoms. The Hall–Kier alpha value is -2.14. The van der Waals surface area contributed by atoms with E-state index in [9.17, 15) is 9.59 Å². The van der Waals surface area contributed by atoms with Crippen LogP contribution in [-0.4, -0.2) is 18.0 Å². The topological polar surface area (TPSA) is 55.4 Å². The van der Waals surface area contributed by atoms with Crippen LogP contribution in [0.3, 0.4) is 0 Å². The monoisotopic (exact) mass is 331 g/mol. The molecule has 0 saturated heterocycles. The average molecular weight is 331 g/mol. The van der Waals surface area contributed by atoms with E-state index in [1.165, 1.54) is 16.9 Å². The first-order valence-corrected chi connectivity index (χ1v) is 8.42. The van der Waals surface area contributed by atoms with Gasteiger partial charge in [0.1, 0.15) is 4.88 Å². The Morgan fingerprint density at radius 2 is 1.74 bits per heavy atom. The summed E-state index contributed by atoms with van der Waals surface area (Å²) in [5.74, 6) is -0.367. The van der Waals surface area contributed by atoms with Gasteiger partial charge in [-0.3, -0.25) is 4.79 Å². The molecule has 0 aliphatic heterocycles. The SMILES string of the molecule is Cc1ccsc1C(=O)O[C@H](C)C(=O)Nc1ccc(C(C)C)cc1. The Bertz CT molecular complexity index is 689. The van der Waals surface area contributed by atoms with Crippen molar-refractivity contribution in [2.45, 2.75) is 39.7 Å². The highest BCUT2D eigenvalue weighted by Crippen LogP contribution is 2.19. The zero-order chi connectivity index (χ0) is 17.0. The second-order valence-corrected chi connectivity index (χ2v) is 6.66. The molecule has 0 fully saturated rings. The summed E-state index contributed by atoms with van der Waals surface area (Å²) in [5, 5.41) is 4.59. The molecule has 2 aromatic rings. The molecule has 1 aromatic heterocycles. The van der Waals surface area contributed by atoms with Gasteiger partial charge in [0, 0.05) is 5.69 Å². The zero-order valence-electron chi connectivity index (χ0n) is 13.8. The van der Waals surface area contributed by atoms with Crippen LogP contribution >= 0.6 is 11.3 Å². The number of benzene rings is 1. The highest BCUT2D eigenvalue weighted by atomic mass is 32.1. The minimum Gasteiger partial charge on any atom is -0.448 e. The molecule has 0 aliphatic rings. The van der Waals surface area contributed by atoms with Crippen molar-refractivity contribution in [2.24, 2.45) is 0 Å². The number of hydrogen-bond donors (Lipinski definition) is 1. The number of nitrogens with one attached hydrogen (secondary N) is 1. The average Bonchev–Trinajstić information content (AvgIpc) is 2.93. The summed E-state index contributed by atoms with van der Waals surface area (Å²) in [6.45, 7) is 7.64. The van der Waals surface area contributed by atoms with Crippen molar-refractivity contribution >= 4 is 28.9 Å². The predicted octanol–water partition coefficient (Wildman–Crippen LogP) is 4.36. The van der Waals surface area contributed by atoms with E-state index in [2.05, 4.69) is 19.2 Å². The summed E-state index contributed by atoms with van der Waals surface area (Å²) in [5.41, 5.74) is 2.75. The maximum atomic E-state index is 12.1. The van der Waals surface area contributed by atoms with Crippen LogP contribution in [0.4, 0.5) is 5.69 Å². The zero-order valence-corrected chi connectivity index (χ0v) is 14.6. The fourth-order valence-electron chi connectivity index (χ4n) is 2.04. The smallest absolute Gasteiger partial charge is 0.349 e. The van der Waals surface area contributed by atoms with Crippen LogP contribution in [0.25, 0.3) is 0 Å². The van der Waals surface area contributed by atoms with E-state index in [4.69, 9.17) is 4.74 Å². The van der Waals surface area contributed by atoms with Gasteiger partial charge in [-0.25, -0.2) is 4.79 Å². The van der Waals surface area contributed by atoms with Crippen LogP contribution < -0.4 is 5.32 Å². The van der Waals surface area contributed by atoms with Gasteiger partial charge in [-0.2, -0.15) is 0 Å². The molecule has 0 bridgehead atoms. The van der Waals surface area contributed by atoms with Gasteiger partial charge in [0.15, 0.2) is 6.10 Å². The maximum Gasteiger partial charge on any atom is 0.349 e. The van der Waals surface area contributed by atoms with Crippen LogP contribution in [0.5, 0.6) is 0 Å². The lowest BCUT2D eigenvalue weighted by Gasteiger charge is -2.14. The van der Waals surface area contributed by atoms with Gasteiger partial charge in [0.2, 0.25) is 0 Å². The second-order valence-electron chi connectivity index (χ2n) is 5.75. The molecule has 23 heavy (non-hydrogen) atoms. The van der Waals surface area contributed by atoms with E-state index in [0.717, 1.165) is 5.56 Å². The fourth-order valence-corrected chi connectivity index (χ4v) is 2.85. The summed E-state index contributed by atoms with van der Waals surface area (Å²) in [4.78, 5) is 24.7. The van der Waals surface area contributed by atoms with E-state index in [1.807, 2.05) is 42.6 Å². The number of anilines is 1. The Balaban J connectivity index is 1.94. The van der Waals surface area contributed by atoms with Crippen molar-refractivity contribution in [3.05, 3.63) is 51.7 Å². The highest BCUT2D eigenvalue weighted by molar-refractivity contribution is 7.12. The first-order valence-electron chi connectivity index (χ1n) is 7.54. The summed E-state index contributed by atoms with van der Waals surface area (Å²) in [7, 11) is 0. The van der Waals surface area contributed by atoms with E-state index in [0.29, 0.717) is 16.5 Å². The predicted molar refractivity (Wildman–Crippen MR) is 93.1 cm³/mol. The fraction of sp³-hybridized carbons (Fsp3) is 0.333. The van der Waals surface area contributed by atoms with Gasteiger partial charge in [-0.05, 0) is 54.5 Å². The van der Waals surface area contributed by atoms with Crippen molar-refractivity contribution in [3.8, 4) is 0 Å². The lowest BCUT2D eigenvalue weighted by molar-refractivity contribution is -0.123. The summed E-state index contributed by atoms with van der Waals surface area (Å²) >= 11 is 1.31. The van der Waals surface area contributed by atoms with Gasteiger partial charge in [-0.1, -0.05) is 26.0 Å². The molecule has 1 N–H and O–H groups in total. The van der Waals surface area contributed by atoms with Crippen LogP contribution in [0.15, 0.2) is 35.7 Å². The molecule has 5 heteroatoms. The lowest BCUT2D eigenvalue weighted by atomic mass is 10.0. The van der Waals surface area contributed by atoms with Gasteiger partial charge in [-0.15, -0.1) is 11.3 Å². The third-order valence-electron chi connectivity index (χ3n) is 3.55. The standard InChI is InChI=1S/C18H21NO3S/c1-11(2)14-5-7-15(8-6-14)19-17(20)13(4)22-18(21)16-12(3)9-10-23-16/h5-11,13H,1-4H3,(H,19,20)/t13-/m1/s1. The molecule has 1 aromatic carbocycles. The molecule has 0 aliphatic carbocycles. The third kappa shape index (κ3) is 4.42. The number of aryl methyl sites for hydroxylation is 1. The normalized spacial score (nSPS) is 12.0. The Morgan fingerprint density at radius 3 is 2.26 bits per heavy atom. The van der Waals surface area contributed by atoms with Crippen LogP contribution in [0, 0.1) is 6.92 Å². The molecule has 0 unspecified atom stereocenters. The summed E-state index contributed by atoms with van der Waals surface area (Å²) in [6.07, 6.45) is -0.853. The van der Waals surface area contributed by atoms with Crippen molar-refractivity contribution in [1.82, 2.24) is 0 Å². The Kier molecular flexibility index (Phi) is 5.55. The minimum atomic E-state index is -0.853. The largest absolute Gasteiger partial charge is 0.448 e. The number of amides is 1. The molecule has 0 saturated carbocycles. The number of thiophene rings is 1. The van der Waals surface area contributed by atoms with Gasteiger partial charge in [0.05, 0.1) is 0 Å². The van der Waals surface area contributed by atoms with Crippen LogP contribution in [-0.2, 0) is 9.53 Å². The molecule has 122 valence electrons. The molecule has 4 nitrogen and oxygen atoms in total. The molecule has 1 atom stereocenters. The number of carbonyl (C=O) groups is 2. The minimum absolute atomic E-state index is 0.343.